The lowest BCUT2D eigenvalue weighted by molar-refractivity contribution is 0.492. The van der Waals surface area contributed by atoms with Gasteiger partial charge in [0, 0.05) is 6.54 Å². The molecule has 1 saturated carbocycles. The summed E-state index contributed by atoms with van der Waals surface area (Å²) < 4.78 is 39.4. The highest BCUT2D eigenvalue weighted by atomic mass is 32.2. The van der Waals surface area contributed by atoms with Crippen LogP contribution in [0.3, 0.4) is 0 Å². The Kier molecular flexibility index (Phi) is 3.59. The molecule has 1 atom stereocenters. The first kappa shape index (κ1) is 13.3. The third-order valence-corrected chi connectivity index (χ3v) is 4.78. The van der Waals surface area contributed by atoms with Crippen molar-refractivity contribution in [3.8, 4) is 0 Å². The molecule has 1 aliphatic rings. The molecule has 0 bridgehead atoms. The van der Waals surface area contributed by atoms with Crippen molar-refractivity contribution in [3.05, 3.63) is 24.0 Å². The summed E-state index contributed by atoms with van der Waals surface area (Å²) in [4.78, 5) is -0.0631. The SMILES string of the molecule is CC(CNS(=O)(=O)c1ccc(F)cc1N)C1CC1. The second-order valence-electron chi connectivity index (χ2n) is 4.85. The topological polar surface area (TPSA) is 72.2 Å². The van der Waals surface area contributed by atoms with Gasteiger partial charge in [-0.15, -0.1) is 0 Å². The minimum absolute atomic E-state index is 0.0631. The fraction of sp³-hybridized carbons (Fsp3) is 0.500. The summed E-state index contributed by atoms with van der Waals surface area (Å²) in [6.07, 6.45) is 2.34. The quantitative estimate of drug-likeness (QED) is 0.802. The third kappa shape index (κ3) is 3.00. The van der Waals surface area contributed by atoms with Gasteiger partial charge in [0.25, 0.3) is 0 Å². The van der Waals surface area contributed by atoms with E-state index >= 15 is 0 Å². The second kappa shape index (κ2) is 4.85. The van der Waals surface area contributed by atoms with Crippen molar-refractivity contribution < 1.29 is 12.8 Å². The molecule has 1 fully saturated rings. The largest absolute Gasteiger partial charge is 0.398 e. The first-order valence-corrected chi connectivity index (χ1v) is 7.43. The van der Waals surface area contributed by atoms with Crippen LogP contribution in [0.2, 0.25) is 0 Å². The highest BCUT2D eigenvalue weighted by molar-refractivity contribution is 7.89. The Balaban J connectivity index is 2.09. The molecule has 0 heterocycles. The number of nitrogens with two attached hydrogens (primary N) is 1. The number of hydrogen-bond acceptors (Lipinski definition) is 3. The zero-order valence-corrected chi connectivity index (χ0v) is 11.0. The van der Waals surface area contributed by atoms with E-state index in [9.17, 15) is 12.8 Å². The average Bonchev–Trinajstić information content (AvgIpc) is 3.09. The Morgan fingerprint density at radius 2 is 2.17 bits per heavy atom. The van der Waals surface area contributed by atoms with Crippen LogP contribution in [0.25, 0.3) is 0 Å². The minimum atomic E-state index is -3.65. The lowest BCUT2D eigenvalue weighted by Gasteiger charge is -2.13. The fourth-order valence-electron chi connectivity index (χ4n) is 1.91. The average molecular weight is 272 g/mol. The summed E-state index contributed by atoms with van der Waals surface area (Å²) in [5.74, 6) is 0.400. The lowest BCUT2D eigenvalue weighted by atomic mass is 10.1. The number of hydrogen-bond donors (Lipinski definition) is 2. The molecule has 0 radical (unpaired) electrons. The van der Waals surface area contributed by atoms with E-state index in [2.05, 4.69) is 4.72 Å². The molecule has 6 heteroatoms. The standard InChI is InChI=1S/C12H17FN2O2S/c1-8(9-2-3-9)7-15-18(16,17)12-5-4-10(13)6-11(12)14/h4-6,8-9,15H,2-3,7,14H2,1H3. The van der Waals surface area contributed by atoms with E-state index in [4.69, 9.17) is 5.73 Å². The number of anilines is 1. The molecule has 0 amide bonds. The maximum atomic E-state index is 12.9. The third-order valence-electron chi connectivity index (χ3n) is 3.28. The van der Waals surface area contributed by atoms with Crippen LogP contribution in [0.1, 0.15) is 19.8 Å². The summed E-state index contributed by atoms with van der Waals surface area (Å²) >= 11 is 0. The van der Waals surface area contributed by atoms with Crippen molar-refractivity contribution >= 4 is 15.7 Å². The van der Waals surface area contributed by atoms with Gasteiger partial charge in [-0.25, -0.2) is 17.5 Å². The molecule has 18 heavy (non-hydrogen) atoms. The van der Waals surface area contributed by atoms with Crippen LogP contribution in [0.4, 0.5) is 10.1 Å². The molecule has 4 nitrogen and oxygen atoms in total. The summed E-state index contributed by atoms with van der Waals surface area (Å²) in [5.41, 5.74) is 5.46. The van der Waals surface area contributed by atoms with Crippen LogP contribution in [-0.2, 0) is 10.0 Å². The van der Waals surface area contributed by atoms with E-state index in [-0.39, 0.29) is 10.6 Å². The maximum Gasteiger partial charge on any atom is 0.242 e. The van der Waals surface area contributed by atoms with Crippen molar-refractivity contribution in [2.24, 2.45) is 11.8 Å². The summed E-state index contributed by atoms with van der Waals surface area (Å²) in [7, 11) is -3.65. The number of halogens is 1. The van der Waals surface area contributed by atoms with Gasteiger partial charge in [-0.2, -0.15) is 0 Å². The normalized spacial score (nSPS) is 17.7. The highest BCUT2D eigenvalue weighted by Gasteiger charge is 2.29. The molecular weight excluding hydrogens is 255 g/mol. The summed E-state index contributed by atoms with van der Waals surface area (Å²) in [6, 6.07) is 3.29. The second-order valence-corrected chi connectivity index (χ2v) is 6.58. The van der Waals surface area contributed by atoms with Gasteiger partial charge >= 0.3 is 0 Å². The van der Waals surface area contributed by atoms with Crippen LogP contribution in [0.15, 0.2) is 23.1 Å². The molecule has 0 saturated heterocycles. The molecule has 1 aliphatic carbocycles. The predicted molar refractivity (Wildman–Crippen MR) is 67.9 cm³/mol. The molecule has 1 unspecified atom stereocenters. The van der Waals surface area contributed by atoms with Gasteiger partial charge in [0.2, 0.25) is 10.0 Å². The van der Waals surface area contributed by atoms with Crippen molar-refractivity contribution in [2.75, 3.05) is 12.3 Å². The van der Waals surface area contributed by atoms with E-state index in [1.165, 1.54) is 18.9 Å². The van der Waals surface area contributed by atoms with Gasteiger partial charge in [0.05, 0.1) is 5.69 Å². The summed E-state index contributed by atoms with van der Waals surface area (Å²) in [6.45, 7) is 2.41. The number of benzene rings is 1. The van der Waals surface area contributed by atoms with Gasteiger partial charge in [0.15, 0.2) is 0 Å². The Hall–Kier alpha value is -1.14. The molecule has 1 aromatic rings. The Labute approximate surface area is 106 Å². The maximum absolute atomic E-state index is 12.9. The van der Waals surface area contributed by atoms with Gasteiger partial charge in [-0.3, -0.25) is 0 Å². The fourth-order valence-corrected chi connectivity index (χ4v) is 3.17. The number of rotatable bonds is 5. The Morgan fingerprint density at radius 1 is 1.50 bits per heavy atom. The van der Waals surface area contributed by atoms with Crippen LogP contribution in [-0.4, -0.2) is 15.0 Å². The molecule has 1 aromatic carbocycles. The smallest absolute Gasteiger partial charge is 0.242 e. The number of nitrogen functional groups attached to an aromatic ring is 1. The first-order valence-electron chi connectivity index (χ1n) is 5.95. The van der Waals surface area contributed by atoms with Crippen molar-refractivity contribution in [3.63, 3.8) is 0 Å². The zero-order chi connectivity index (χ0) is 13.3. The van der Waals surface area contributed by atoms with E-state index in [1.54, 1.807) is 0 Å². The van der Waals surface area contributed by atoms with E-state index in [1.807, 2.05) is 6.92 Å². The Morgan fingerprint density at radius 3 is 2.72 bits per heavy atom. The molecule has 2 rings (SSSR count). The van der Waals surface area contributed by atoms with E-state index in [0.717, 1.165) is 12.1 Å². The highest BCUT2D eigenvalue weighted by Crippen LogP contribution is 2.36. The van der Waals surface area contributed by atoms with E-state index in [0.29, 0.717) is 18.4 Å². The van der Waals surface area contributed by atoms with Crippen LogP contribution in [0, 0.1) is 17.7 Å². The van der Waals surface area contributed by atoms with Crippen LogP contribution >= 0.6 is 0 Å². The minimum Gasteiger partial charge on any atom is -0.398 e. The van der Waals surface area contributed by atoms with Crippen molar-refractivity contribution in [2.45, 2.75) is 24.7 Å². The van der Waals surface area contributed by atoms with Gasteiger partial charge < -0.3 is 5.73 Å². The number of sulfonamides is 1. The molecule has 100 valence electrons. The first-order chi connectivity index (χ1) is 8.40. The predicted octanol–water partition coefficient (Wildman–Crippen LogP) is 1.73. The van der Waals surface area contributed by atoms with Gasteiger partial charge in [-0.05, 0) is 42.9 Å². The van der Waals surface area contributed by atoms with Crippen molar-refractivity contribution in [1.29, 1.82) is 0 Å². The van der Waals surface area contributed by atoms with Crippen LogP contribution < -0.4 is 10.5 Å². The van der Waals surface area contributed by atoms with Gasteiger partial charge in [0.1, 0.15) is 10.7 Å². The van der Waals surface area contributed by atoms with Crippen molar-refractivity contribution in [1.82, 2.24) is 4.72 Å². The zero-order valence-electron chi connectivity index (χ0n) is 10.2. The summed E-state index contributed by atoms with van der Waals surface area (Å²) in [5, 5.41) is 0. The molecule has 0 spiro atoms. The monoisotopic (exact) mass is 272 g/mol. The van der Waals surface area contributed by atoms with Gasteiger partial charge in [-0.1, -0.05) is 6.92 Å². The molecule has 3 N–H and O–H groups in total. The Bertz CT molecular complexity index is 541. The lowest BCUT2D eigenvalue weighted by Crippen LogP contribution is -2.29. The van der Waals surface area contributed by atoms with Crippen LogP contribution in [0.5, 0.6) is 0 Å². The molecular formula is C12H17FN2O2S. The van der Waals surface area contributed by atoms with E-state index < -0.39 is 15.8 Å². The molecule has 0 aromatic heterocycles. The molecule has 0 aliphatic heterocycles. The number of nitrogens with one attached hydrogen (secondary N) is 1.